The van der Waals surface area contributed by atoms with Crippen LogP contribution in [0.2, 0.25) is 5.02 Å². The quantitative estimate of drug-likeness (QED) is 0.669. The highest BCUT2D eigenvalue weighted by molar-refractivity contribution is 6.30. The molecule has 0 aliphatic carbocycles. The molecule has 1 aromatic heterocycles. The smallest absolute Gasteiger partial charge is 0.293 e. The molecule has 0 saturated carbocycles. The highest BCUT2D eigenvalue weighted by atomic mass is 35.5. The lowest BCUT2D eigenvalue weighted by molar-refractivity contribution is 0.355. The van der Waals surface area contributed by atoms with Crippen molar-refractivity contribution < 1.29 is 13.9 Å². The predicted octanol–water partition coefficient (Wildman–Crippen LogP) is 4.15. The predicted molar refractivity (Wildman–Crippen MR) is 107 cm³/mol. The van der Waals surface area contributed by atoms with Crippen molar-refractivity contribution in [2.75, 3.05) is 19.5 Å². The summed E-state index contributed by atoms with van der Waals surface area (Å²) in [4.78, 5) is 16.0. The third kappa shape index (κ3) is 4.26. The molecule has 28 heavy (non-hydrogen) atoms. The van der Waals surface area contributed by atoms with Gasteiger partial charge in [0.15, 0.2) is 11.5 Å². The largest absolute Gasteiger partial charge is 0.493 e. The van der Waals surface area contributed by atoms with Gasteiger partial charge in [-0.3, -0.25) is 4.79 Å². The Labute approximate surface area is 166 Å². The van der Waals surface area contributed by atoms with E-state index in [1.165, 1.54) is 18.3 Å². The maximum atomic E-state index is 13.2. The summed E-state index contributed by atoms with van der Waals surface area (Å²) in [7, 11) is 3.10. The van der Waals surface area contributed by atoms with Crippen molar-refractivity contribution in [2.45, 2.75) is 13.5 Å². The summed E-state index contributed by atoms with van der Waals surface area (Å²) < 4.78 is 25.5. The topological polar surface area (TPSA) is 65.4 Å². The molecule has 0 aliphatic rings. The lowest BCUT2D eigenvalue weighted by Crippen LogP contribution is -2.18. The monoisotopic (exact) mass is 403 g/mol. The number of ether oxygens (including phenoxy) is 2. The third-order valence-corrected chi connectivity index (χ3v) is 4.46. The minimum atomic E-state index is -0.544. The van der Waals surface area contributed by atoms with Crippen molar-refractivity contribution >= 4 is 23.2 Å². The molecule has 3 aromatic rings. The Balaban J connectivity index is 2.01. The van der Waals surface area contributed by atoms with Crippen LogP contribution in [0.1, 0.15) is 11.1 Å². The summed E-state index contributed by atoms with van der Waals surface area (Å²) in [5, 5.41) is 3.15. The number of nitrogens with zero attached hydrogens (tertiary/aromatic N) is 2. The van der Waals surface area contributed by atoms with Gasteiger partial charge in [0.05, 0.1) is 20.8 Å². The van der Waals surface area contributed by atoms with Crippen LogP contribution in [-0.2, 0) is 6.54 Å². The molecular weight excluding hydrogens is 385 g/mol. The molecule has 1 heterocycles. The lowest BCUT2D eigenvalue weighted by atomic mass is 10.1. The molecule has 0 atom stereocenters. The Hall–Kier alpha value is -3.06. The van der Waals surface area contributed by atoms with Crippen molar-refractivity contribution in [3.63, 3.8) is 0 Å². The fourth-order valence-corrected chi connectivity index (χ4v) is 2.87. The summed E-state index contributed by atoms with van der Waals surface area (Å²) in [6.45, 7) is 2.24. The number of rotatable bonds is 6. The number of methoxy groups -OCH3 is 2. The molecule has 0 aliphatic heterocycles. The third-order valence-electron chi connectivity index (χ3n) is 4.20. The molecule has 1 N–H and O–H groups in total. The molecule has 0 fully saturated rings. The molecule has 146 valence electrons. The normalized spacial score (nSPS) is 10.6. The maximum absolute atomic E-state index is 13.2. The van der Waals surface area contributed by atoms with E-state index in [1.54, 1.807) is 37.0 Å². The Bertz CT molecular complexity index is 1050. The maximum Gasteiger partial charge on any atom is 0.293 e. The van der Waals surface area contributed by atoms with Gasteiger partial charge < -0.3 is 19.4 Å². The molecular formula is C20H19ClFN3O3. The van der Waals surface area contributed by atoms with Gasteiger partial charge in [0, 0.05) is 18.0 Å². The zero-order chi connectivity index (χ0) is 20.3. The van der Waals surface area contributed by atoms with Crippen LogP contribution in [-0.4, -0.2) is 23.8 Å². The van der Waals surface area contributed by atoms with E-state index in [1.807, 2.05) is 13.0 Å². The van der Waals surface area contributed by atoms with Crippen LogP contribution in [0, 0.1) is 12.7 Å². The summed E-state index contributed by atoms with van der Waals surface area (Å²) in [6, 6.07) is 9.65. The van der Waals surface area contributed by atoms with Gasteiger partial charge in [0.2, 0.25) is 5.95 Å². The van der Waals surface area contributed by atoms with Gasteiger partial charge in [-0.25, -0.2) is 4.39 Å². The van der Waals surface area contributed by atoms with E-state index in [2.05, 4.69) is 10.3 Å². The van der Waals surface area contributed by atoms with E-state index in [-0.39, 0.29) is 10.8 Å². The van der Waals surface area contributed by atoms with Crippen LogP contribution >= 0.6 is 11.6 Å². The molecule has 0 radical (unpaired) electrons. The van der Waals surface area contributed by atoms with Gasteiger partial charge in [-0.05, 0) is 36.2 Å². The van der Waals surface area contributed by atoms with E-state index in [0.29, 0.717) is 29.7 Å². The van der Waals surface area contributed by atoms with E-state index in [0.717, 1.165) is 11.1 Å². The standard InChI is InChI=1S/C20H19ClFN3O3/c1-12-8-17(27-2)18(28-3)9-16(12)23-20-24-19(26)15(21)11-25(20)10-13-4-6-14(22)7-5-13/h4-9,11H,10H2,1-3H3,(H,23,24,26). The molecule has 3 rings (SSSR count). The number of anilines is 2. The SMILES string of the molecule is COc1cc(C)c(Nc2nc(=O)c(Cl)cn2Cc2ccc(F)cc2)cc1OC. The fourth-order valence-electron chi connectivity index (χ4n) is 2.71. The van der Waals surface area contributed by atoms with Gasteiger partial charge in [-0.15, -0.1) is 0 Å². The van der Waals surface area contributed by atoms with E-state index in [9.17, 15) is 9.18 Å². The second-order valence-electron chi connectivity index (χ2n) is 6.12. The zero-order valence-electron chi connectivity index (χ0n) is 15.6. The van der Waals surface area contributed by atoms with E-state index in [4.69, 9.17) is 21.1 Å². The second-order valence-corrected chi connectivity index (χ2v) is 6.53. The van der Waals surface area contributed by atoms with Gasteiger partial charge in [-0.2, -0.15) is 4.98 Å². The highest BCUT2D eigenvalue weighted by Gasteiger charge is 2.13. The van der Waals surface area contributed by atoms with Gasteiger partial charge in [-0.1, -0.05) is 23.7 Å². The van der Waals surface area contributed by atoms with Crippen molar-refractivity contribution in [2.24, 2.45) is 0 Å². The molecule has 0 saturated heterocycles. The minimum Gasteiger partial charge on any atom is -0.493 e. The summed E-state index contributed by atoms with van der Waals surface area (Å²) >= 11 is 5.98. The number of nitrogens with one attached hydrogen (secondary N) is 1. The van der Waals surface area contributed by atoms with Gasteiger partial charge in [0.1, 0.15) is 10.8 Å². The number of benzene rings is 2. The first-order valence-corrected chi connectivity index (χ1v) is 8.80. The van der Waals surface area contributed by atoms with Crippen LogP contribution in [0.3, 0.4) is 0 Å². The van der Waals surface area contributed by atoms with Crippen molar-refractivity contribution in [3.05, 3.63) is 74.9 Å². The zero-order valence-corrected chi connectivity index (χ0v) is 16.4. The molecule has 6 nitrogen and oxygen atoms in total. The molecule has 0 unspecified atom stereocenters. The number of aryl methyl sites for hydroxylation is 1. The second kappa shape index (κ2) is 8.31. The van der Waals surface area contributed by atoms with Crippen LogP contribution in [0.15, 0.2) is 47.4 Å². The average Bonchev–Trinajstić information content (AvgIpc) is 2.68. The van der Waals surface area contributed by atoms with Crippen molar-refractivity contribution in [1.82, 2.24) is 9.55 Å². The molecule has 0 amide bonds. The summed E-state index contributed by atoms with van der Waals surface area (Å²) in [6.07, 6.45) is 1.50. The Morgan fingerprint density at radius 2 is 1.79 bits per heavy atom. The van der Waals surface area contributed by atoms with Crippen LogP contribution < -0.4 is 20.3 Å². The van der Waals surface area contributed by atoms with Crippen LogP contribution in [0.25, 0.3) is 0 Å². The Morgan fingerprint density at radius 3 is 2.43 bits per heavy atom. The molecule has 0 bridgehead atoms. The van der Waals surface area contributed by atoms with E-state index < -0.39 is 5.56 Å². The van der Waals surface area contributed by atoms with Crippen molar-refractivity contribution in [3.8, 4) is 11.5 Å². The Morgan fingerprint density at radius 1 is 1.14 bits per heavy atom. The molecule has 8 heteroatoms. The van der Waals surface area contributed by atoms with Crippen LogP contribution in [0.4, 0.5) is 16.0 Å². The highest BCUT2D eigenvalue weighted by Crippen LogP contribution is 2.34. The van der Waals surface area contributed by atoms with Crippen LogP contribution in [0.5, 0.6) is 11.5 Å². The first kappa shape index (κ1) is 19.7. The molecule has 2 aromatic carbocycles. The average molecular weight is 404 g/mol. The summed E-state index contributed by atoms with van der Waals surface area (Å²) in [5.74, 6) is 1.11. The van der Waals surface area contributed by atoms with Crippen molar-refractivity contribution in [1.29, 1.82) is 0 Å². The first-order valence-electron chi connectivity index (χ1n) is 8.42. The number of halogens is 2. The van der Waals surface area contributed by atoms with E-state index >= 15 is 0 Å². The minimum absolute atomic E-state index is 0.00306. The van der Waals surface area contributed by atoms with Gasteiger partial charge >= 0.3 is 0 Å². The van der Waals surface area contributed by atoms with Gasteiger partial charge in [0.25, 0.3) is 5.56 Å². The number of hydrogen-bond donors (Lipinski definition) is 1. The lowest BCUT2D eigenvalue weighted by Gasteiger charge is -2.17. The molecule has 0 spiro atoms. The summed E-state index contributed by atoms with van der Waals surface area (Å²) in [5.41, 5.74) is 1.85. The number of hydrogen-bond acceptors (Lipinski definition) is 5. The Kier molecular flexibility index (Phi) is 5.84. The fraction of sp³-hybridized carbons (Fsp3) is 0.200. The first-order chi connectivity index (χ1) is 13.4. The number of aromatic nitrogens is 2.